The molecule has 5 heteroatoms. The van der Waals surface area contributed by atoms with Crippen LogP contribution in [0, 0.1) is 12.8 Å². The van der Waals surface area contributed by atoms with Gasteiger partial charge in [-0.25, -0.2) is 4.98 Å². The molecule has 1 fully saturated rings. The number of aromatic nitrogens is 1. The van der Waals surface area contributed by atoms with Gasteiger partial charge in [-0.3, -0.25) is 9.69 Å². The third-order valence-electron chi connectivity index (χ3n) is 4.37. The molecule has 4 nitrogen and oxygen atoms in total. The first-order valence-corrected chi connectivity index (χ1v) is 9.48. The summed E-state index contributed by atoms with van der Waals surface area (Å²) >= 11 is 1.58. The minimum absolute atomic E-state index is 0.00801. The van der Waals surface area contributed by atoms with E-state index in [9.17, 15) is 4.79 Å². The highest BCUT2D eigenvalue weighted by Crippen LogP contribution is 2.19. The number of amides is 1. The van der Waals surface area contributed by atoms with E-state index in [0.29, 0.717) is 6.42 Å². The quantitative estimate of drug-likeness (QED) is 0.896. The second-order valence-electron chi connectivity index (χ2n) is 6.81. The number of piperidine rings is 1. The molecule has 128 valence electrons. The van der Waals surface area contributed by atoms with Crippen LogP contribution in [-0.4, -0.2) is 28.9 Å². The zero-order chi connectivity index (χ0) is 16.9. The number of anilines is 1. The van der Waals surface area contributed by atoms with E-state index in [1.165, 1.54) is 18.4 Å². The third-order valence-corrected chi connectivity index (χ3v) is 5.27. The summed E-state index contributed by atoms with van der Waals surface area (Å²) in [5, 5.41) is 5.91. The standard InChI is InChI=1S/C19H25N3OS/c1-14-5-7-16(8-6-14)20-18(23)10-19-21-17(13-24-19)12-22-9-3-4-15(2)11-22/h5-8,13,15H,3-4,9-12H2,1-2H3,(H,20,23)/t15-/m1/s1. The van der Waals surface area contributed by atoms with Gasteiger partial charge in [-0.15, -0.1) is 11.3 Å². The van der Waals surface area contributed by atoms with Crippen molar-refractivity contribution in [3.05, 3.63) is 45.9 Å². The van der Waals surface area contributed by atoms with Gasteiger partial charge in [-0.05, 0) is 44.4 Å². The number of benzene rings is 1. The summed E-state index contributed by atoms with van der Waals surface area (Å²) in [5.41, 5.74) is 3.11. The van der Waals surface area contributed by atoms with Crippen molar-refractivity contribution in [1.29, 1.82) is 0 Å². The molecule has 0 spiro atoms. The van der Waals surface area contributed by atoms with E-state index in [4.69, 9.17) is 0 Å². The number of nitrogens with one attached hydrogen (secondary N) is 1. The maximum Gasteiger partial charge on any atom is 0.231 e. The molecule has 2 aromatic rings. The van der Waals surface area contributed by atoms with Gasteiger partial charge in [0.25, 0.3) is 0 Å². The maximum atomic E-state index is 12.2. The molecule has 1 aromatic heterocycles. The molecule has 1 aliphatic rings. The van der Waals surface area contributed by atoms with Crippen molar-refractivity contribution in [3.63, 3.8) is 0 Å². The molecule has 1 N–H and O–H groups in total. The lowest BCUT2D eigenvalue weighted by Crippen LogP contribution is -2.33. The van der Waals surface area contributed by atoms with E-state index in [2.05, 4.69) is 27.5 Å². The monoisotopic (exact) mass is 343 g/mol. The van der Waals surface area contributed by atoms with E-state index >= 15 is 0 Å². The molecule has 2 heterocycles. The topological polar surface area (TPSA) is 45.2 Å². The molecule has 0 unspecified atom stereocenters. The summed E-state index contributed by atoms with van der Waals surface area (Å²) in [5.74, 6) is 0.767. The number of thiazole rings is 1. The number of hydrogen-bond donors (Lipinski definition) is 1. The van der Waals surface area contributed by atoms with Crippen molar-refractivity contribution in [1.82, 2.24) is 9.88 Å². The van der Waals surface area contributed by atoms with Crippen molar-refractivity contribution in [2.45, 2.75) is 39.7 Å². The molecule has 0 bridgehead atoms. The molecular weight excluding hydrogens is 318 g/mol. The van der Waals surface area contributed by atoms with Gasteiger partial charge in [0.05, 0.1) is 12.1 Å². The molecule has 1 aromatic carbocycles. The van der Waals surface area contributed by atoms with Crippen LogP contribution in [0.4, 0.5) is 5.69 Å². The molecule has 0 aliphatic carbocycles. The average molecular weight is 343 g/mol. The Hall–Kier alpha value is -1.72. The Morgan fingerprint density at radius 1 is 1.38 bits per heavy atom. The van der Waals surface area contributed by atoms with Gasteiger partial charge in [0.15, 0.2) is 0 Å². The van der Waals surface area contributed by atoms with Gasteiger partial charge in [0.2, 0.25) is 5.91 Å². The Balaban J connectivity index is 1.51. The Kier molecular flexibility index (Phi) is 5.63. The van der Waals surface area contributed by atoms with Crippen LogP contribution in [0.5, 0.6) is 0 Å². The van der Waals surface area contributed by atoms with Gasteiger partial charge in [0, 0.05) is 24.2 Å². The van der Waals surface area contributed by atoms with Crippen LogP contribution in [0.15, 0.2) is 29.6 Å². The van der Waals surface area contributed by atoms with Crippen LogP contribution < -0.4 is 5.32 Å². The van der Waals surface area contributed by atoms with Crippen molar-refractivity contribution < 1.29 is 4.79 Å². The SMILES string of the molecule is Cc1ccc(NC(=O)Cc2nc(CN3CCC[C@@H](C)C3)cs2)cc1. The summed E-state index contributed by atoms with van der Waals surface area (Å²) in [7, 11) is 0. The first kappa shape index (κ1) is 17.1. The van der Waals surface area contributed by atoms with E-state index in [1.54, 1.807) is 11.3 Å². The lowest BCUT2D eigenvalue weighted by molar-refractivity contribution is -0.115. The van der Waals surface area contributed by atoms with E-state index in [0.717, 1.165) is 41.9 Å². The van der Waals surface area contributed by atoms with E-state index in [-0.39, 0.29) is 5.91 Å². The lowest BCUT2D eigenvalue weighted by atomic mass is 10.0. The Morgan fingerprint density at radius 2 is 2.17 bits per heavy atom. The average Bonchev–Trinajstić information content (AvgIpc) is 2.96. The summed E-state index contributed by atoms with van der Waals surface area (Å²) in [6.07, 6.45) is 2.95. The van der Waals surface area contributed by atoms with Gasteiger partial charge in [-0.2, -0.15) is 0 Å². The van der Waals surface area contributed by atoms with Crippen molar-refractivity contribution in [2.75, 3.05) is 18.4 Å². The smallest absolute Gasteiger partial charge is 0.231 e. The Bertz CT molecular complexity index is 680. The van der Waals surface area contributed by atoms with Gasteiger partial charge in [-0.1, -0.05) is 24.6 Å². The van der Waals surface area contributed by atoms with Crippen LogP contribution in [-0.2, 0) is 17.8 Å². The van der Waals surface area contributed by atoms with E-state index < -0.39 is 0 Å². The van der Waals surface area contributed by atoms with Crippen LogP contribution in [0.2, 0.25) is 0 Å². The molecule has 3 rings (SSSR count). The molecule has 1 aliphatic heterocycles. The summed E-state index contributed by atoms with van der Waals surface area (Å²) < 4.78 is 0. The summed E-state index contributed by atoms with van der Waals surface area (Å²) in [6.45, 7) is 7.56. The summed E-state index contributed by atoms with van der Waals surface area (Å²) in [4.78, 5) is 19.3. The fourth-order valence-electron chi connectivity index (χ4n) is 3.14. The lowest BCUT2D eigenvalue weighted by Gasteiger charge is -2.30. The molecule has 0 saturated carbocycles. The highest BCUT2D eigenvalue weighted by molar-refractivity contribution is 7.09. The highest BCUT2D eigenvalue weighted by atomic mass is 32.1. The number of aryl methyl sites for hydroxylation is 1. The maximum absolute atomic E-state index is 12.2. The zero-order valence-electron chi connectivity index (χ0n) is 14.4. The first-order chi connectivity index (χ1) is 11.6. The van der Waals surface area contributed by atoms with E-state index in [1.807, 2.05) is 31.2 Å². The second kappa shape index (κ2) is 7.90. The predicted molar refractivity (Wildman–Crippen MR) is 99.3 cm³/mol. The minimum atomic E-state index is -0.00801. The van der Waals surface area contributed by atoms with Crippen LogP contribution >= 0.6 is 11.3 Å². The molecule has 0 radical (unpaired) electrons. The zero-order valence-corrected chi connectivity index (χ0v) is 15.2. The van der Waals surface area contributed by atoms with Crippen molar-refractivity contribution >= 4 is 22.9 Å². The van der Waals surface area contributed by atoms with Gasteiger partial charge in [0.1, 0.15) is 5.01 Å². The van der Waals surface area contributed by atoms with Crippen LogP contribution in [0.1, 0.15) is 36.0 Å². The van der Waals surface area contributed by atoms with Crippen molar-refractivity contribution in [3.8, 4) is 0 Å². The molecule has 1 amide bonds. The third kappa shape index (κ3) is 4.89. The fourth-order valence-corrected chi connectivity index (χ4v) is 3.93. The molecule has 1 atom stereocenters. The Labute approximate surface area is 147 Å². The number of nitrogens with zero attached hydrogens (tertiary/aromatic N) is 2. The van der Waals surface area contributed by atoms with Crippen molar-refractivity contribution in [2.24, 2.45) is 5.92 Å². The molecule has 1 saturated heterocycles. The predicted octanol–water partition coefficient (Wildman–Crippen LogP) is 3.86. The molecule has 24 heavy (non-hydrogen) atoms. The highest BCUT2D eigenvalue weighted by Gasteiger charge is 2.17. The Morgan fingerprint density at radius 3 is 2.92 bits per heavy atom. The van der Waals surface area contributed by atoms with Crippen LogP contribution in [0.25, 0.3) is 0 Å². The normalized spacial score (nSPS) is 18.5. The number of hydrogen-bond acceptors (Lipinski definition) is 4. The number of likely N-dealkylation sites (tertiary alicyclic amines) is 1. The molecular formula is C19H25N3OS. The van der Waals surface area contributed by atoms with Crippen LogP contribution in [0.3, 0.4) is 0 Å². The second-order valence-corrected chi connectivity index (χ2v) is 7.75. The summed E-state index contributed by atoms with van der Waals surface area (Å²) in [6, 6.07) is 7.85. The number of carbonyl (C=O) groups excluding carboxylic acids is 1. The fraction of sp³-hybridized carbons (Fsp3) is 0.474. The number of carbonyl (C=O) groups is 1. The number of rotatable bonds is 5. The van der Waals surface area contributed by atoms with Gasteiger partial charge >= 0.3 is 0 Å². The van der Waals surface area contributed by atoms with Gasteiger partial charge < -0.3 is 5.32 Å². The minimum Gasteiger partial charge on any atom is -0.326 e. The first-order valence-electron chi connectivity index (χ1n) is 8.60. The largest absolute Gasteiger partial charge is 0.326 e.